The summed E-state index contributed by atoms with van der Waals surface area (Å²) in [5, 5.41) is 16.9. The molecule has 14 nitrogen and oxygen atoms in total. The fourth-order valence-electron chi connectivity index (χ4n) is 6.19. The van der Waals surface area contributed by atoms with Crippen molar-refractivity contribution in [1.82, 2.24) is 34.5 Å². The summed E-state index contributed by atoms with van der Waals surface area (Å²) < 4.78 is 43.3. The van der Waals surface area contributed by atoms with Crippen molar-refractivity contribution in [1.29, 1.82) is 0 Å². The number of nitrogens with two attached hydrogens (primary N) is 1. The van der Waals surface area contributed by atoms with Crippen molar-refractivity contribution in [3.05, 3.63) is 71.0 Å². The summed E-state index contributed by atoms with van der Waals surface area (Å²) in [6.07, 6.45) is -1.46. The molecule has 0 bridgehead atoms. The average Bonchev–Trinajstić information content (AvgIpc) is 3.73. The smallest absolute Gasteiger partial charge is 0.397 e. The van der Waals surface area contributed by atoms with E-state index in [2.05, 4.69) is 25.4 Å². The van der Waals surface area contributed by atoms with Crippen LogP contribution >= 0.6 is 11.6 Å². The van der Waals surface area contributed by atoms with Gasteiger partial charge in [0.1, 0.15) is 12.6 Å². The second kappa shape index (κ2) is 13.4. The van der Waals surface area contributed by atoms with E-state index >= 15 is 0 Å². The van der Waals surface area contributed by atoms with Crippen LogP contribution in [-0.4, -0.2) is 121 Å². The normalized spacial score (nSPS) is 19.3. The number of likely N-dealkylation sites (N-methyl/N-ethyl adjacent to an activating group) is 1. The Morgan fingerprint density at radius 1 is 1.06 bits per heavy atom. The number of halogens is 4. The van der Waals surface area contributed by atoms with Crippen molar-refractivity contribution in [2.75, 3.05) is 64.4 Å². The van der Waals surface area contributed by atoms with Crippen molar-refractivity contribution < 1.29 is 37.1 Å². The lowest BCUT2D eigenvalue weighted by molar-refractivity contribution is -0.899. The molecular formula is C32H35ClF3N10O4+. The first-order valence-electron chi connectivity index (χ1n) is 15.7. The number of aromatic amines is 1. The minimum absolute atomic E-state index is 0.0658. The Bertz CT molecular complexity index is 1920. The molecule has 18 heteroatoms. The van der Waals surface area contributed by atoms with Crippen LogP contribution in [0, 0.1) is 5.92 Å². The fraction of sp³-hybridized carbons (Fsp3) is 0.375. The van der Waals surface area contributed by atoms with E-state index in [4.69, 9.17) is 17.3 Å². The lowest BCUT2D eigenvalue weighted by Crippen LogP contribution is -2.58. The molecule has 50 heavy (non-hydrogen) atoms. The number of nitrogens with zero attached hydrogens (tertiary/aromatic N) is 7. The largest absolute Gasteiger partial charge is 0.435 e. The van der Waals surface area contributed by atoms with Crippen LogP contribution in [0.4, 0.5) is 24.5 Å². The molecule has 4 aromatic rings. The Morgan fingerprint density at radius 2 is 1.78 bits per heavy atom. The maximum Gasteiger partial charge on any atom is 0.435 e. The van der Waals surface area contributed by atoms with E-state index in [1.54, 1.807) is 9.80 Å². The van der Waals surface area contributed by atoms with Gasteiger partial charge in [0.15, 0.2) is 17.3 Å². The summed E-state index contributed by atoms with van der Waals surface area (Å²) in [6, 6.07) is 7.19. The number of amides is 3. The standard InChI is InChI=1S/C32H34ClF3N10O4/c1-46(2)12-7-21(25(47)17-46)31(50)44-10-8-43(9-11-44)30(49)20-5-4-19(13-23(20)33)40-29(48)28-39-15-24(41-28)22-16-45(42-27(22)32(34,35)36)26-6-3-18(37)14-38-26/h3-6,13-16,21,25,47H,7-12,17,37H2,1-2H3,(H-,39,40,41,48,49)/p+1/t21-,25+/m0/s1. The number of anilines is 2. The van der Waals surface area contributed by atoms with Gasteiger partial charge in [0.2, 0.25) is 5.91 Å². The molecule has 2 aliphatic rings. The highest BCUT2D eigenvalue weighted by atomic mass is 35.5. The molecule has 5 heterocycles. The summed E-state index contributed by atoms with van der Waals surface area (Å²) >= 11 is 6.45. The zero-order valence-corrected chi connectivity index (χ0v) is 27.9. The number of hydrogen-bond donors (Lipinski definition) is 4. The molecule has 2 atom stereocenters. The number of hydrogen-bond acceptors (Lipinski definition) is 8. The first-order chi connectivity index (χ1) is 23.6. The van der Waals surface area contributed by atoms with E-state index in [-0.39, 0.29) is 64.1 Å². The van der Waals surface area contributed by atoms with Crippen molar-refractivity contribution in [2.45, 2.75) is 18.7 Å². The molecule has 3 amide bonds. The summed E-state index contributed by atoms with van der Waals surface area (Å²) in [4.78, 5) is 53.3. The van der Waals surface area contributed by atoms with Crippen LogP contribution in [-0.2, 0) is 11.0 Å². The van der Waals surface area contributed by atoms with Crippen LogP contribution in [0.2, 0.25) is 5.02 Å². The van der Waals surface area contributed by atoms with Gasteiger partial charge in [0, 0.05) is 44.5 Å². The van der Waals surface area contributed by atoms with Crippen LogP contribution in [0.25, 0.3) is 17.1 Å². The monoisotopic (exact) mass is 715 g/mol. The molecule has 0 aliphatic carbocycles. The Labute approximate surface area is 289 Å². The number of carbonyl (C=O) groups is 3. The van der Waals surface area contributed by atoms with Gasteiger partial charge >= 0.3 is 6.18 Å². The van der Waals surface area contributed by atoms with Gasteiger partial charge < -0.3 is 35.4 Å². The van der Waals surface area contributed by atoms with E-state index in [0.29, 0.717) is 36.2 Å². The van der Waals surface area contributed by atoms with Gasteiger partial charge in [-0.3, -0.25) is 14.4 Å². The number of alkyl halides is 3. The second-order valence-electron chi connectivity index (χ2n) is 13.0. The van der Waals surface area contributed by atoms with E-state index < -0.39 is 29.8 Å². The lowest BCUT2D eigenvalue weighted by Gasteiger charge is -2.42. The third-order valence-corrected chi connectivity index (χ3v) is 9.23. The number of imidazole rings is 1. The van der Waals surface area contributed by atoms with Gasteiger partial charge in [-0.25, -0.2) is 14.6 Å². The molecule has 2 aliphatic heterocycles. The molecule has 5 N–H and O–H groups in total. The number of rotatable bonds is 6. The van der Waals surface area contributed by atoms with Crippen molar-refractivity contribution in [3.8, 4) is 17.1 Å². The van der Waals surface area contributed by atoms with Crippen LogP contribution in [0.1, 0.15) is 33.1 Å². The van der Waals surface area contributed by atoms with Gasteiger partial charge in [-0.1, -0.05) is 11.6 Å². The quantitative estimate of drug-likeness (QED) is 0.221. The number of aliphatic hydroxyl groups excluding tert-OH is 1. The molecule has 3 aromatic heterocycles. The molecular weight excluding hydrogens is 681 g/mol. The number of aliphatic hydroxyl groups is 1. The molecule has 0 radical (unpaired) electrons. The molecule has 0 spiro atoms. The van der Waals surface area contributed by atoms with Gasteiger partial charge in [-0.2, -0.15) is 18.3 Å². The SMILES string of the molecule is C[N+]1(C)CC[C@H](C(=O)N2CCN(C(=O)c3ccc(NC(=O)c4ncc(-c5cn(-c6ccc(N)cn6)nc5C(F)(F)F)[nH]4)cc3Cl)CC2)[C@H](O)C1. The molecule has 1 aromatic carbocycles. The minimum atomic E-state index is -4.82. The zero-order valence-electron chi connectivity index (χ0n) is 27.1. The number of quaternary nitrogens is 1. The lowest BCUT2D eigenvalue weighted by atomic mass is 9.91. The van der Waals surface area contributed by atoms with Crippen molar-refractivity contribution >= 4 is 40.7 Å². The molecule has 264 valence electrons. The Kier molecular flexibility index (Phi) is 9.32. The molecule has 2 saturated heterocycles. The third kappa shape index (κ3) is 7.29. The van der Waals surface area contributed by atoms with Crippen molar-refractivity contribution in [2.24, 2.45) is 5.92 Å². The van der Waals surface area contributed by atoms with Crippen LogP contribution < -0.4 is 11.1 Å². The first kappa shape index (κ1) is 34.8. The van der Waals surface area contributed by atoms with Crippen LogP contribution in [0.5, 0.6) is 0 Å². The van der Waals surface area contributed by atoms with Gasteiger partial charge in [0.25, 0.3) is 11.8 Å². The number of nitrogen functional groups attached to an aromatic ring is 1. The number of likely N-dealkylation sites (tertiary alicyclic amines) is 1. The molecule has 0 saturated carbocycles. The van der Waals surface area contributed by atoms with Gasteiger partial charge in [-0.05, 0) is 30.3 Å². The predicted molar refractivity (Wildman–Crippen MR) is 176 cm³/mol. The highest BCUT2D eigenvalue weighted by molar-refractivity contribution is 6.34. The van der Waals surface area contributed by atoms with Crippen molar-refractivity contribution in [3.63, 3.8) is 0 Å². The van der Waals surface area contributed by atoms with E-state index in [9.17, 15) is 32.7 Å². The average molecular weight is 716 g/mol. The zero-order chi connectivity index (χ0) is 36.0. The highest BCUT2D eigenvalue weighted by Gasteiger charge is 2.41. The number of pyridine rings is 1. The summed E-state index contributed by atoms with van der Waals surface area (Å²) in [6.45, 7) is 2.53. The summed E-state index contributed by atoms with van der Waals surface area (Å²) in [5.74, 6) is -1.84. The number of H-pyrrole nitrogens is 1. The molecule has 0 unspecified atom stereocenters. The number of piperazine rings is 1. The maximum absolute atomic E-state index is 13.9. The summed E-state index contributed by atoms with van der Waals surface area (Å²) in [5.41, 5.74) is 4.69. The molecule has 6 rings (SSSR count). The Balaban J connectivity index is 1.09. The van der Waals surface area contributed by atoms with E-state index in [1.807, 2.05) is 14.1 Å². The highest BCUT2D eigenvalue weighted by Crippen LogP contribution is 2.36. The minimum Gasteiger partial charge on any atom is -0.397 e. The third-order valence-electron chi connectivity index (χ3n) is 8.91. The van der Waals surface area contributed by atoms with Crippen LogP contribution in [0.3, 0.4) is 0 Å². The maximum atomic E-state index is 13.9. The fourth-order valence-corrected chi connectivity index (χ4v) is 6.45. The first-order valence-corrected chi connectivity index (χ1v) is 16.1. The molecule has 2 fully saturated rings. The number of carbonyl (C=O) groups excluding carboxylic acids is 3. The Morgan fingerprint density at radius 3 is 2.42 bits per heavy atom. The number of piperidine rings is 1. The Hall–Kier alpha value is -5.00. The van der Waals surface area contributed by atoms with Crippen LogP contribution in [0.15, 0.2) is 48.9 Å². The van der Waals surface area contributed by atoms with E-state index in [1.165, 1.54) is 36.5 Å². The number of nitrogens with one attached hydrogen (secondary N) is 2. The van der Waals surface area contributed by atoms with Gasteiger partial charge in [0.05, 0.1) is 66.5 Å². The second-order valence-corrected chi connectivity index (χ2v) is 13.4. The number of benzene rings is 1. The number of aromatic nitrogens is 5. The van der Waals surface area contributed by atoms with E-state index in [0.717, 1.165) is 23.6 Å². The summed E-state index contributed by atoms with van der Waals surface area (Å²) in [7, 11) is 4.04. The topological polar surface area (TPSA) is 175 Å². The predicted octanol–water partition coefficient (Wildman–Crippen LogP) is 2.91. The van der Waals surface area contributed by atoms with Gasteiger partial charge in [-0.15, -0.1) is 0 Å².